The molecule has 3 heteroatoms. The number of hydrogen-bond donors (Lipinski definition) is 0. The van der Waals surface area contributed by atoms with Crippen LogP contribution in [0.4, 0.5) is 0 Å². The molecule has 0 N–H and O–H groups in total. The van der Waals surface area contributed by atoms with Crippen molar-refractivity contribution in [2.75, 3.05) is 26.7 Å². The van der Waals surface area contributed by atoms with Crippen LogP contribution < -0.4 is 0 Å². The smallest absolute Gasteiger partial charge is 0.223 e. The van der Waals surface area contributed by atoms with Crippen molar-refractivity contribution in [2.45, 2.75) is 44.6 Å². The van der Waals surface area contributed by atoms with Crippen LogP contribution in [0.25, 0.3) is 0 Å². The highest BCUT2D eigenvalue weighted by atomic mass is 16.2. The molecular formula is C24H32N2O. The molecule has 0 bridgehead atoms. The summed E-state index contributed by atoms with van der Waals surface area (Å²) in [5, 5.41) is 0. The number of hydrogen-bond acceptors (Lipinski definition) is 2. The van der Waals surface area contributed by atoms with Gasteiger partial charge >= 0.3 is 0 Å². The molecule has 0 unspecified atom stereocenters. The first-order valence-corrected chi connectivity index (χ1v) is 10.3. The number of likely N-dealkylation sites (tertiary alicyclic amines) is 1. The minimum atomic E-state index is 0.113. The van der Waals surface area contributed by atoms with E-state index in [1.165, 1.54) is 24.1 Å². The fraction of sp³-hybridized carbons (Fsp3) is 0.458. The number of rotatable bonds is 7. The summed E-state index contributed by atoms with van der Waals surface area (Å²) in [6.07, 6.45) is 3.90. The van der Waals surface area contributed by atoms with Crippen molar-refractivity contribution in [1.82, 2.24) is 9.80 Å². The van der Waals surface area contributed by atoms with Crippen molar-refractivity contribution in [1.29, 1.82) is 0 Å². The molecule has 1 amide bonds. The van der Waals surface area contributed by atoms with Gasteiger partial charge in [0.25, 0.3) is 0 Å². The molecule has 0 aromatic heterocycles. The number of benzene rings is 2. The highest BCUT2D eigenvalue weighted by molar-refractivity contribution is 5.78. The Morgan fingerprint density at radius 2 is 1.52 bits per heavy atom. The lowest BCUT2D eigenvalue weighted by Crippen LogP contribution is -2.46. The quantitative estimate of drug-likeness (QED) is 0.720. The molecule has 3 rings (SSSR count). The molecule has 0 saturated carbocycles. The lowest BCUT2D eigenvalue weighted by molar-refractivity contribution is -0.133. The van der Waals surface area contributed by atoms with Crippen LogP contribution in [0.3, 0.4) is 0 Å². The molecule has 0 spiro atoms. The first kappa shape index (κ1) is 19.6. The van der Waals surface area contributed by atoms with Crippen LogP contribution in [0.5, 0.6) is 0 Å². The number of piperidine rings is 1. The number of nitrogens with zero attached hydrogens (tertiary/aromatic N) is 2. The van der Waals surface area contributed by atoms with Crippen molar-refractivity contribution in [3.05, 3.63) is 71.8 Å². The Labute approximate surface area is 164 Å². The zero-order valence-electron chi connectivity index (χ0n) is 16.7. The van der Waals surface area contributed by atoms with Gasteiger partial charge in [-0.2, -0.15) is 0 Å². The highest BCUT2D eigenvalue weighted by Crippen LogP contribution is 2.29. The summed E-state index contributed by atoms with van der Waals surface area (Å²) in [4.78, 5) is 17.7. The SMILES string of the molecule is CCCN1CCC(N(C)C(=O)CC(c2ccccc2)c2ccccc2)CC1. The van der Waals surface area contributed by atoms with Crippen LogP contribution in [0, 0.1) is 0 Å². The van der Waals surface area contributed by atoms with E-state index in [-0.39, 0.29) is 11.8 Å². The normalized spacial score (nSPS) is 15.8. The monoisotopic (exact) mass is 364 g/mol. The summed E-state index contributed by atoms with van der Waals surface area (Å²) in [6.45, 7) is 5.62. The van der Waals surface area contributed by atoms with Gasteiger partial charge in [-0.25, -0.2) is 0 Å². The largest absolute Gasteiger partial charge is 0.343 e. The van der Waals surface area contributed by atoms with Crippen LogP contribution in [0.2, 0.25) is 0 Å². The van der Waals surface area contributed by atoms with E-state index in [9.17, 15) is 4.79 Å². The summed E-state index contributed by atoms with van der Waals surface area (Å²) in [6, 6.07) is 21.2. The summed E-state index contributed by atoms with van der Waals surface area (Å²) in [5.74, 6) is 0.365. The summed E-state index contributed by atoms with van der Waals surface area (Å²) < 4.78 is 0. The molecule has 1 aliphatic rings. The van der Waals surface area contributed by atoms with E-state index in [0.717, 1.165) is 25.9 Å². The summed E-state index contributed by atoms with van der Waals surface area (Å²) >= 11 is 0. The van der Waals surface area contributed by atoms with Gasteiger partial charge in [0, 0.05) is 38.5 Å². The standard InChI is InChI=1S/C24H32N2O/c1-3-16-26-17-14-22(15-18-26)25(2)24(27)19-23(20-10-6-4-7-11-20)21-12-8-5-9-13-21/h4-13,22-23H,3,14-19H2,1-2H3. The van der Waals surface area contributed by atoms with E-state index in [0.29, 0.717) is 12.5 Å². The van der Waals surface area contributed by atoms with Gasteiger partial charge in [0.05, 0.1) is 0 Å². The van der Waals surface area contributed by atoms with Crippen LogP contribution in [0.15, 0.2) is 60.7 Å². The lowest BCUT2D eigenvalue weighted by Gasteiger charge is -2.37. The second-order valence-corrected chi connectivity index (χ2v) is 7.66. The Bertz CT molecular complexity index is 653. The third kappa shape index (κ3) is 5.20. The summed E-state index contributed by atoms with van der Waals surface area (Å²) in [5.41, 5.74) is 2.42. The Morgan fingerprint density at radius 1 is 1.00 bits per heavy atom. The van der Waals surface area contributed by atoms with Gasteiger partial charge in [-0.3, -0.25) is 4.79 Å². The van der Waals surface area contributed by atoms with Gasteiger partial charge < -0.3 is 9.80 Å². The Hall–Kier alpha value is -2.13. The van der Waals surface area contributed by atoms with Crippen LogP contribution in [-0.2, 0) is 4.79 Å². The molecule has 0 radical (unpaired) electrons. The van der Waals surface area contributed by atoms with Gasteiger partial charge in [0.1, 0.15) is 0 Å². The molecule has 27 heavy (non-hydrogen) atoms. The topological polar surface area (TPSA) is 23.6 Å². The maximum absolute atomic E-state index is 13.1. The van der Waals surface area contributed by atoms with Crippen LogP contribution in [0.1, 0.15) is 49.7 Å². The fourth-order valence-corrected chi connectivity index (χ4v) is 4.17. The van der Waals surface area contributed by atoms with E-state index >= 15 is 0 Å². The second kappa shape index (κ2) is 9.70. The first-order valence-electron chi connectivity index (χ1n) is 10.3. The number of carbonyl (C=O) groups excluding carboxylic acids is 1. The Kier molecular flexibility index (Phi) is 7.05. The van der Waals surface area contributed by atoms with Crippen LogP contribution in [-0.4, -0.2) is 48.4 Å². The molecule has 2 aromatic carbocycles. The molecule has 1 heterocycles. The average Bonchev–Trinajstić information content (AvgIpc) is 2.73. The Morgan fingerprint density at radius 3 is 2.00 bits per heavy atom. The Balaban J connectivity index is 1.68. The molecule has 144 valence electrons. The van der Waals surface area contributed by atoms with E-state index < -0.39 is 0 Å². The molecule has 1 saturated heterocycles. The van der Waals surface area contributed by atoms with Gasteiger partial charge in [0.2, 0.25) is 5.91 Å². The zero-order valence-corrected chi connectivity index (χ0v) is 16.7. The molecule has 0 atom stereocenters. The van der Waals surface area contributed by atoms with E-state index in [4.69, 9.17) is 0 Å². The van der Waals surface area contributed by atoms with Crippen molar-refractivity contribution < 1.29 is 4.79 Å². The maximum Gasteiger partial charge on any atom is 0.223 e. The predicted molar refractivity (Wildman–Crippen MR) is 112 cm³/mol. The molecule has 2 aromatic rings. The first-order chi connectivity index (χ1) is 13.2. The number of amides is 1. The minimum Gasteiger partial charge on any atom is -0.343 e. The summed E-state index contributed by atoms with van der Waals surface area (Å²) in [7, 11) is 2.00. The average molecular weight is 365 g/mol. The third-order valence-corrected chi connectivity index (χ3v) is 5.82. The molecule has 1 fully saturated rings. The molecule has 3 nitrogen and oxygen atoms in total. The zero-order chi connectivity index (χ0) is 19.1. The van der Waals surface area contributed by atoms with Crippen LogP contribution >= 0.6 is 0 Å². The van der Waals surface area contributed by atoms with E-state index in [1.807, 2.05) is 24.1 Å². The number of carbonyl (C=O) groups is 1. The maximum atomic E-state index is 13.1. The van der Waals surface area contributed by atoms with Gasteiger partial charge in [-0.15, -0.1) is 0 Å². The molecule has 0 aliphatic carbocycles. The molecule has 1 aliphatic heterocycles. The van der Waals surface area contributed by atoms with E-state index in [2.05, 4.69) is 60.4 Å². The second-order valence-electron chi connectivity index (χ2n) is 7.66. The van der Waals surface area contributed by atoms with Crippen molar-refractivity contribution >= 4 is 5.91 Å². The van der Waals surface area contributed by atoms with Crippen molar-refractivity contribution in [3.63, 3.8) is 0 Å². The minimum absolute atomic E-state index is 0.113. The molecular weight excluding hydrogens is 332 g/mol. The third-order valence-electron chi connectivity index (χ3n) is 5.82. The van der Waals surface area contributed by atoms with Gasteiger partial charge in [0.15, 0.2) is 0 Å². The van der Waals surface area contributed by atoms with Gasteiger partial charge in [-0.05, 0) is 36.9 Å². The van der Waals surface area contributed by atoms with Gasteiger partial charge in [-0.1, -0.05) is 67.6 Å². The highest BCUT2D eigenvalue weighted by Gasteiger charge is 2.27. The van der Waals surface area contributed by atoms with Crippen molar-refractivity contribution in [2.24, 2.45) is 0 Å². The predicted octanol–water partition coefficient (Wildman–Crippen LogP) is 4.54. The fourth-order valence-electron chi connectivity index (χ4n) is 4.17. The van der Waals surface area contributed by atoms with E-state index in [1.54, 1.807) is 0 Å². The lowest BCUT2D eigenvalue weighted by atomic mass is 9.88. The van der Waals surface area contributed by atoms with Crippen molar-refractivity contribution in [3.8, 4) is 0 Å².